The summed E-state index contributed by atoms with van der Waals surface area (Å²) >= 11 is 6.11. The molecule has 25 heavy (non-hydrogen) atoms. The lowest BCUT2D eigenvalue weighted by atomic mass is 10.0. The number of aliphatic imine (C=N–C) groups is 1. The van der Waals surface area contributed by atoms with Gasteiger partial charge in [0.2, 0.25) is 5.91 Å². The molecule has 1 heterocycles. The summed E-state index contributed by atoms with van der Waals surface area (Å²) in [5, 5.41) is 0.634. The molecular weight excluding hydrogens is 368 g/mol. The number of anilines is 1. The van der Waals surface area contributed by atoms with Gasteiger partial charge in [-0.1, -0.05) is 41.9 Å². The largest absolute Gasteiger partial charge is 0.394 e. The molecule has 2 N–H and O–H groups in total. The number of benzodiazepines with no additional fused rings is 1. The van der Waals surface area contributed by atoms with E-state index in [2.05, 4.69) is 4.99 Å². The van der Waals surface area contributed by atoms with Crippen LogP contribution in [0.2, 0.25) is 5.02 Å². The van der Waals surface area contributed by atoms with E-state index in [0.717, 1.165) is 22.5 Å². The van der Waals surface area contributed by atoms with Crippen LogP contribution in [-0.2, 0) is 15.2 Å². The average Bonchev–Trinajstić information content (AvgIpc) is 2.65. The molecule has 132 valence electrons. The quantitative estimate of drug-likeness (QED) is 0.737. The maximum absolute atomic E-state index is 12.0. The second kappa shape index (κ2) is 7.75. The molecule has 0 unspecified atom stereocenters. The Morgan fingerprint density at radius 1 is 1.12 bits per heavy atom. The number of hydrogen-bond donors (Lipinski definition) is 2. The van der Waals surface area contributed by atoms with E-state index in [1.165, 1.54) is 0 Å². The molecule has 0 fully saturated rings. The molecule has 2 aromatic rings. The van der Waals surface area contributed by atoms with Gasteiger partial charge in [-0.15, -0.1) is 0 Å². The molecule has 0 aliphatic carbocycles. The highest BCUT2D eigenvalue weighted by molar-refractivity contribution is 7.79. The van der Waals surface area contributed by atoms with Crippen LogP contribution >= 0.6 is 11.6 Å². The van der Waals surface area contributed by atoms with Gasteiger partial charge in [-0.3, -0.25) is 18.9 Å². The summed E-state index contributed by atoms with van der Waals surface area (Å²) in [6.45, 7) is 0.146. The standard InChI is InChI=1S/C16H13ClN2O.H2O4S/c1-19-14-8-7-12(17)9-13(14)16(18-10-15(19)20)11-5-3-2-4-6-11;1-5(2,3)4/h2-9H,10H2,1H3;(H2,1,2,3,4). The first-order valence-electron chi connectivity index (χ1n) is 7.03. The molecule has 0 aromatic heterocycles. The molecule has 0 radical (unpaired) electrons. The van der Waals surface area contributed by atoms with E-state index in [1.807, 2.05) is 42.5 Å². The van der Waals surface area contributed by atoms with Crippen molar-refractivity contribution < 1.29 is 22.3 Å². The molecule has 0 atom stereocenters. The summed E-state index contributed by atoms with van der Waals surface area (Å²) in [5.41, 5.74) is 3.51. The van der Waals surface area contributed by atoms with Crippen molar-refractivity contribution in [3.05, 3.63) is 64.7 Å². The zero-order valence-corrected chi connectivity index (χ0v) is 14.7. The van der Waals surface area contributed by atoms with Crippen LogP contribution in [0.25, 0.3) is 0 Å². The predicted molar refractivity (Wildman–Crippen MR) is 96.0 cm³/mol. The van der Waals surface area contributed by atoms with E-state index in [4.69, 9.17) is 29.1 Å². The maximum Gasteiger partial charge on any atom is 0.394 e. The number of likely N-dealkylation sites (N-methyl/N-ethyl adjacent to an activating group) is 1. The third-order valence-electron chi connectivity index (χ3n) is 3.37. The smallest absolute Gasteiger partial charge is 0.313 e. The number of fused-ring (bicyclic) bond motifs is 1. The van der Waals surface area contributed by atoms with Gasteiger partial charge in [-0.05, 0) is 18.2 Å². The first-order valence-corrected chi connectivity index (χ1v) is 8.80. The van der Waals surface area contributed by atoms with Crippen LogP contribution in [0.3, 0.4) is 0 Å². The van der Waals surface area contributed by atoms with Crippen LogP contribution in [0.5, 0.6) is 0 Å². The molecule has 7 nitrogen and oxygen atoms in total. The van der Waals surface area contributed by atoms with Crippen LogP contribution in [0.1, 0.15) is 11.1 Å². The van der Waals surface area contributed by atoms with Gasteiger partial charge in [-0.25, -0.2) is 0 Å². The van der Waals surface area contributed by atoms with Gasteiger partial charge in [0, 0.05) is 23.2 Å². The number of benzene rings is 2. The molecule has 2 aromatic carbocycles. The van der Waals surface area contributed by atoms with Crippen molar-refractivity contribution in [1.29, 1.82) is 0 Å². The van der Waals surface area contributed by atoms with Gasteiger partial charge in [-0.2, -0.15) is 8.42 Å². The van der Waals surface area contributed by atoms with Gasteiger partial charge in [0.15, 0.2) is 0 Å². The van der Waals surface area contributed by atoms with Crippen molar-refractivity contribution >= 4 is 39.3 Å². The lowest BCUT2D eigenvalue weighted by Gasteiger charge is -2.18. The topological polar surface area (TPSA) is 107 Å². The third kappa shape index (κ3) is 5.36. The Bertz CT molecular complexity index is 905. The number of rotatable bonds is 1. The van der Waals surface area contributed by atoms with Gasteiger partial charge in [0.25, 0.3) is 0 Å². The summed E-state index contributed by atoms with van der Waals surface area (Å²) in [6.07, 6.45) is 0. The van der Waals surface area contributed by atoms with Crippen LogP contribution in [0.4, 0.5) is 5.69 Å². The first-order chi connectivity index (χ1) is 11.7. The predicted octanol–water partition coefficient (Wildman–Crippen LogP) is 2.50. The Morgan fingerprint density at radius 2 is 1.72 bits per heavy atom. The van der Waals surface area contributed by atoms with E-state index in [1.54, 1.807) is 18.0 Å². The van der Waals surface area contributed by atoms with E-state index < -0.39 is 10.4 Å². The maximum atomic E-state index is 12.0. The number of hydrogen-bond acceptors (Lipinski definition) is 4. The minimum Gasteiger partial charge on any atom is -0.313 e. The van der Waals surface area contributed by atoms with Crippen molar-refractivity contribution in [3.8, 4) is 0 Å². The average molecular weight is 383 g/mol. The summed E-state index contributed by atoms with van der Waals surface area (Å²) in [6, 6.07) is 15.3. The minimum absolute atomic E-state index is 0.0282. The van der Waals surface area contributed by atoms with Crippen molar-refractivity contribution in [2.45, 2.75) is 0 Å². The van der Waals surface area contributed by atoms with Gasteiger partial charge in [0.1, 0.15) is 6.54 Å². The molecule has 1 aliphatic heterocycles. The number of carbonyl (C=O) groups excluding carboxylic acids is 1. The molecule has 9 heteroatoms. The molecule has 0 spiro atoms. The van der Waals surface area contributed by atoms with Crippen LogP contribution in [0, 0.1) is 0 Å². The Kier molecular flexibility index (Phi) is 5.91. The third-order valence-corrected chi connectivity index (χ3v) is 3.60. The van der Waals surface area contributed by atoms with Crippen LogP contribution < -0.4 is 4.90 Å². The summed E-state index contributed by atoms with van der Waals surface area (Å²) < 4.78 is 31.6. The fourth-order valence-corrected chi connectivity index (χ4v) is 2.48. The van der Waals surface area contributed by atoms with Gasteiger partial charge >= 0.3 is 10.4 Å². The van der Waals surface area contributed by atoms with Crippen molar-refractivity contribution in [1.82, 2.24) is 0 Å². The monoisotopic (exact) mass is 382 g/mol. The zero-order chi connectivity index (χ0) is 18.6. The normalized spacial score (nSPS) is 14.0. The highest BCUT2D eigenvalue weighted by Crippen LogP contribution is 2.28. The lowest BCUT2D eigenvalue weighted by molar-refractivity contribution is -0.116. The molecule has 1 aliphatic rings. The molecular formula is C16H15ClN2O5S. The molecule has 0 bridgehead atoms. The van der Waals surface area contributed by atoms with Crippen molar-refractivity contribution in [2.75, 3.05) is 18.5 Å². The number of halogens is 1. The van der Waals surface area contributed by atoms with Gasteiger partial charge in [0.05, 0.1) is 11.4 Å². The Labute approximate surface area is 150 Å². The van der Waals surface area contributed by atoms with Crippen molar-refractivity contribution in [2.24, 2.45) is 4.99 Å². The fourth-order valence-electron chi connectivity index (χ4n) is 2.31. The van der Waals surface area contributed by atoms with E-state index in [9.17, 15) is 4.79 Å². The Balaban J connectivity index is 0.000000399. The van der Waals surface area contributed by atoms with Crippen LogP contribution in [-0.4, -0.2) is 42.7 Å². The minimum atomic E-state index is -4.67. The first kappa shape index (κ1) is 19.1. The summed E-state index contributed by atoms with van der Waals surface area (Å²) in [7, 11) is -2.90. The second-order valence-corrected chi connectivity index (χ2v) is 6.43. The zero-order valence-electron chi connectivity index (χ0n) is 13.1. The van der Waals surface area contributed by atoms with E-state index in [-0.39, 0.29) is 12.5 Å². The number of amides is 1. The lowest BCUT2D eigenvalue weighted by Crippen LogP contribution is -2.27. The molecule has 1 amide bonds. The van der Waals surface area contributed by atoms with Crippen LogP contribution in [0.15, 0.2) is 53.5 Å². The van der Waals surface area contributed by atoms with E-state index in [0.29, 0.717) is 5.02 Å². The van der Waals surface area contributed by atoms with Crippen molar-refractivity contribution in [3.63, 3.8) is 0 Å². The second-order valence-electron chi connectivity index (χ2n) is 5.09. The van der Waals surface area contributed by atoms with E-state index >= 15 is 0 Å². The highest BCUT2D eigenvalue weighted by Gasteiger charge is 2.22. The molecule has 3 rings (SSSR count). The Morgan fingerprint density at radius 3 is 2.32 bits per heavy atom. The SMILES string of the molecule is CN1C(=O)CN=C(c2ccccc2)c2cc(Cl)ccc21.O=S(=O)(O)O. The van der Waals surface area contributed by atoms with Gasteiger partial charge < -0.3 is 4.90 Å². The number of carbonyl (C=O) groups is 1. The molecule has 0 saturated carbocycles. The highest BCUT2D eigenvalue weighted by atomic mass is 35.5. The molecule has 0 saturated heterocycles. The number of nitrogens with zero attached hydrogens (tertiary/aromatic N) is 2. The summed E-state index contributed by atoms with van der Waals surface area (Å²) in [5.74, 6) is -0.0282. The fraction of sp³-hybridized carbons (Fsp3) is 0.125. The summed E-state index contributed by atoms with van der Waals surface area (Å²) in [4.78, 5) is 18.1. The Hall–Kier alpha value is -2.26.